The lowest BCUT2D eigenvalue weighted by molar-refractivity contribution is 1.47. The van der Waals surface area contributed by atoms with Crippen LogP contribution in [0.25, 0.3) is 100 Å². The SMILES string of the molecule is N#Cc1cc(-c2cccc(-c3cc(-c4ccccc4)cc(-c4ccccc4)c3)c2)cc(-c2cc(-c3ccccc3)cc(-c3cc(-c4ccccc4)cc(-c4ccccc4)c3)c2)c1. The third kappa shape index (κ3) is 8.15. The molecule has 1 heteroatoms. The van der Waals surface area contributed by atoms with E-state index in [2.05, 4.69) is 243 Å². The Morgan fingerprint density at radius 2 is 0.355 bits per heavy atom. The first-order valence-electron chi connectivity index (χ1n) is 21.0. The zero-order valence-corrected chi connectivity index (χ0v) is 34.1. The van der Waals surface area contributed by atoms with Gasteiger partial charge in [0.15, 0.2) is 0 Å². The van der Waals surface area contributed by atoms with Gasteiger partial charge in [0.1, 0.15) is 0 Å². The van der Waals surface area contributed by atoms with Gasteiger partial charge in [-0.15, -0.1) is 0 Å². The molecule has 0 aliphatic heterocycles. The molecule has 0 atom stereocenters. The Morgan fingerprint density at radius 1 is 0.177 bits per heavy atom. The van der Waals surface area contributed by atoms with Crippen molar-refractivity contribution in [2.75, 3.05) is 0 Å². The summed E-state index contributed by atoms with van der Waals surface area (Å²) in [7, 11) is 0. The summed E-state index contributed by atoms with van der Waals surface area (Å²) >= 11 is 0. The summed E-state index contributed by atoms with van der Waals surface area (Å²) in [5.41, 5.74) is 20.8. The molecule has 1 nitrogen and oxygen atoms in total. The van der Waals surface area contributed by atoms with Crippen LogP contribution in [0.15, 0.2) is 249 Å². The van der Waals surface area contributed by atoms with Gasteiger partial charge in [-0.1, -0.05) is 170 Å². The minimum Gasteiger partial charge on any atom is -0.192 e. The van der Waals surface area contributed by atoms with Gasteiger partial charge in [0.05, 0.1) is 11.6 Å². The van der Waals surface area contributed by atoms with Crippen LogP contribution in [0.1, 0.15) is 5.56 Å². The number of hydrogen-bond donors (Lipinski definition) is 0. The van der Waals surface area contributed by atoms with E-state index in [1.54, 1.807) is 0 Å². The standard InChI is InChI=1S/C61H41N/c62-42-43-29-51(49-27-16-28-50(31-49)58-35-53(44-17-6-1-7-18-44)33-54(36-58)45-19-8-2-9-20-45)32-52(30-43)59-37-57(48-25-14-5-15-26-48)40-61(41-59)60-38-55(46-21-10-3-11-22-46)34-56(39-60)47-23-12-4-13-24-47/h1-41H. The van der Waals surface area contributed by atoms with Crippen LogP contribution >= 0.6 is 0 Å². The number of hydrogen-bond acceptors (Lipinski definition) is 1. The second kappa shape index (κ2) is 17.1. The molecule has 0 amide bonds. The molecule has 10 aromatic carbocycles. The van der Waals surface area contributed by atoms with Gasteiger partial charge in [-0.05, 0) is 179 Å². The molecule has 10 rings (SSSR count). The molecular weight excluding hydrogens is 747 g/mol. The summed E-state index contributed by atoms with van der Waals surface area (Å²) in [6.07, 6.45) is 0. The first kappa shape index (κ1) is 37.9. The highest BCUT2D eigenvalue weighted by Crippen LogP contribution is 2.40. The maximum Gasteiger partial charge on any atom is 0.0992 e. The highest BCUT2D eigenvalue weighted by molar-refractivity contribution is 5.88. The fraction of sp³-hybridized carbons (Fsp3) is 0. The Kier molecular flexibility index (Phi) is 10.5. The molecule has 0 aromatic heterocycles. The van der Waals surface area contributed by atoms with Crippen molar-refractivity contribution in [3.8, 4) is 106 Å². The van der Waals surface area contributed by atoms with Crippen LogP contribution in [0.3, 0.4) is 0 Å². The summed E-state index contributed by atoms with van der Waals surface area (Å²) < 4.78 is 0. The first-order valence-corrected chi connectivity index (χ1v) is 21.0. The molecule has 0 heterocycles. The Morgan fingerprint density at radius 3 is 0.613 bits per heavy atom. The zero-order chi connectivity index (χ0) is 41.7. The van der Waals surface area contributed by atoms with Crippen LogP contribution in [-0.2, 0) is 0 Å². The van der Waals surface area contributed by atoms with Crippen LogP contribution in [0, 0.1) is 11.3 Å². The lowest BCUT2D eigenvalue weighted by atomic mass is 9.88. The van der Waals surface area contributed by atoms with Gasteiger partial charge < -0.3 is 0 Å². The van der Waals surface area contributed by atoms with Gasteiger partial charge >= 0.3 is 0 Å². The van der Waals surface area contributed by atoms with Crippen LogP contribution in [-0.4, -0.2) is 0 Å². The quantitative estimate of drug-likeness (QED) is 0.143. The molecular formula is C61H41N. The third-order valence-electron chi connectivity index (χ3n) is 11.6. The van der Waals surface area contributed by atoms with Crippen LogP contribution < -0.4 is 0 Å². The summed E-state index contributed by atoms with van der Waals surface area (Å²) in [5, 5.41) is 10.5. The van der Waals surface area contributed by atoms with Gasteiger partial charge in [-0.3, -0.25) is 0 Å². The van der Waals surface area contributed by atoms with E-state index in [0.29, 0.717) is 5.56 Å². The number of rotatable bonds is 9. The Labute approximate surface area is 364 Å². The summed E-state index contributed by atoms with van der Waals surface area (Å²) in [6.45, 7) is 0. The molecule has 0 bridgehead atoms. The van der Waals surface area contributed by atoms with E-state index in [0.717, 1.165) is 66.8 Å². The van der Waals surface area contributed by atoms with Crippen LogP contribution in [0.4, 0.5) is 0 Å². The minimum atomic E-state index is 0.615. The molecule has 0 saturated heterocycles. The molecule has 0 fully saturated rings. The second-order valence-electron chi connectivity index (χ2n) is 15.7. The molecule has 0 N–H and O–H groups in total. The summed E-state index contributed by atoms with van der Waals surface area (Å²) in [5.74, 6) is 0. The fourth-order valence-electron chi connectivity index (χ4n) is 8.44. The second-order valence-corrected chi connectivity index (χ2v) is 15.7. The molecule has 0 aliphatic rings. The molecule has 0 spiro atoms. The van der Waals surface area contributed by atoms with Crippen molar-refractivity contribution in [3.05, 3.63) is 254 Å². The van der Waals surface area contributed by atoms with E-state index < -0.39 is 0 Å². The Balaban J connectivity index is 1.11. The van der Waals surface area contributed by atoms with Crippen molar-refractivity contribution in [2.24, 2.45) is 0 Å². The van der Waals surface area contributed by atoms with Crippen molar-refractivity contribution in [2.45, 2.75) is 0 Å². The lowest BCUT2D eigenvalue weighted by Crippen LogP contribution is -1.91. The average molecular weight is 788 g/mol. The normalized spacial score (nSPS) is 10.9. The highest BCUT2D eigenvalue weighted by atomic mass is 14.2. The predicted octanol–water partition coefficient (Wildman–Crippen LogP) is 16.6. The van der Waals surface area contributed by atoms with E-state index >= 15 is 0 Å². The van der Waals surface area contributed by atoms with E-state index in [-0.39, 0.29) is 0 Å². The van der Waals surface area contributed by atoms with E-state index in [1.165, 1.54) is 33.4 Å². The Hall–Kier alpha value is -8.31. The smallest absolute Gasteiger partial charge is 0.0992 e. The zero-order valence-electron chi connectivity index (χ0n) is 34.1. The monoisotopic (exact) mass is 787 g/mol. The van der Waals surface area contributed by atoms with Gasteiger partial charge in [-0.25, -0.2) is 0 Å². The summed E-state index contributed by atoms with van der Waals surface area (Å²) in [4.78, 5) is 0. The maximum absolute atomic E-state index is 10.5. The minimum absolute atomic E-state index is 0.615. The number of nitrogens with zero attached hydrogens (tertiary/aromatic N) is 1. The van der Waals surface area contributed by atoms with Gasteiger partial charge in [-0.2, -0.15) is 5.26 Å². The van der Waals surface area contributed by atoms with Crippen LogP contribution in [0.5, 0.6) is 0 Å². The molecule has 290 valence electrons. The highest BCUT2D eigenvalue weighted by Gasteiger charge is 2.14. The van der Waals surface area contributed by atoms with Crippen molar-refractivity contribution in [3.63, 3.8) is 0 Å². The van der Waals surface area contributed by atoms with E-state index in [4.69, 9.17) is 0 Å². The average Bonchev–Trinajstić information content (AvgIpc) is 3.37. The first-order chi connectivity index (χ1) is 30.6. The number of benzene rings is 10. The number of nitriles is 1. The van der Waals surface area contributed by atoms with Gasteiger partial charge in [0.25, 0.3) is 0 Å². The van der Waals surface area contributed by atoms with Crippen molar-refractivity contribution in [1.82, 2.24) is 0 Å². The summed E-state index contributed by atoms with van der Waals surface area (Å²) in [6, 6.07) is 90.9. The molecule has 0 aliphatic carbocycles. The molecule has 0 radical (unpaired) electrons. The van der Waals surface area contributed by atoms with Crippen molar-refractivity contribution < 1.29 is 0 Å². The van der Waals surface area contributed by atoms with E-state index in [9.17, 15) is 5.26 Å². The fourth-order valence-corrected chi connectivity index (χ4v) is 8.44. The largest absolute Gasteiger partial charge is 0.192 e. The predicted molar refractivity (Wildman–Crippen MR) is 260 cm³/mol. The van der Waals surface area contributed by atoms with Gasteiger partial charge in [0, 0.05) is 0 Å². The third-order valence-corrected chi connectivity index (χ3v) is 11.6. The van der Waals surface area contributed by atoms with E-state index in [1.807, 2.05) is 12.1 Å². The molecule has 0 unspecified atom stereocenters. The maximum atomic E-state index is 10.5. The molecule has 0 saturated carbocycles. The van der Waals surface area contributed by atoms with Crippen molar-refractivity contribution in [1.29, 1.82) is 5.26 Å². The Bertz CT molecular complexity index is 3080. The topological polar surface area (TPSA) is 23.8 Å². The molecule has 10 aromatic rings. The van der Waals surface area contributed by atoms with Crippen molar-refractivity contribution >= 4 is 0 Å². The lowest BCUT2D eigenvalue weighted by Gasteiger charge is -2.15. The van der Waals surface area contributed by atoms with Gasteiger partial charge in [0.2, 0.25) is 0 Å². The molecule has 62 heavy (non-hydrogen) atoms. The van der Waals surface area contributed by atoms with Crippen LogP contribution in [0.2, 0.25) is 0 Å².